The first-order valence-corrected chi connectivity index (χ1v) is 5.17. The van der Waals surface area contributed by atoms with Crippen molar-refractivity contribution in [1.82, 2.24) is 9.97 Å². The number of halogens is 1. The monoisotopic (exact) mass is 232 g/mol. The summed E-state index contributed by atoms with van der Waals surface area (Å²) in [6.45, 7) is 0. The topological polar surface area (TPSA) is 42.9 Å². The van der Waals surface area contributed by atoms with Gasteiger partial charge in [0.05, 0.1) is 0 Å². The van der Waals surface area contributed by atoms with Crippen molar-refractivity contribution in [3.8, 4) is 0 Å². The molecule has 0 aliphatic carbocycles. The predicted octanol–water partition coefficient (Wildman–Crippen LogP) is 2.53. The number of hydrogen-bond acceptors (Lipinski definition) is 3. The van der Waals surface area contributed by atoms with Crippen LogP contribution in [0.15, 0.2) is 36.5 Å². The highest BCUT2D eigenvalue weighted by Gasteiger charge is 2.00. The van der Waals surface area contributed by atoms with Crippen LogP contribution in [-0.4, -0.2) is 16.3 Å². The van der Waals surface area contributed by atoms with Crippen LogP contribution >= 0.6 is 11.6 Å². The van der Waals surface area contributed by atoms with Crippen molar-refractivity contribution in [2.75, 3.05) is 0 Å². The molecule has 0 N–H and O–H groups in total. The van der Waals surface area contributed by atoms with Crippen LogP contribution in [0.5, 0.6) is 0 Å². The summed E-state index contributed by atoms with van der Waals surface area (Å²) >= 11 is 5.78. The Bertz CT molecular complexity index is 497. The summed E-state index contributed by atoms with van der Waals surface area (Å²) in [6, 6.07) is 9.05. The Hall–Kier alpha value is -1.74. The maximum absolute atomic E-state index is 10.5. The van der Waals surface area contributed by atoms with Crippen LogP contribution in [0.25, 0.3) is 0 Å². The molecule has 2 aromatic rings. The van der Waals surface area contributed by atoms with Crippen LogP contribution < -0.4 is 0 Å². The minimum absolute atomic E-state index is 0.402. The van der Waals surface area contributed by atoms with E-state index >= 15 is 0 Å². The lowest BCUT2D eigenvalue weighted by Gasteiger charge is -2.00. The second kappa shape index (κ2) is 4.86. The quantitative estimate of drug-likeness (QED) is 0.764. The molecule has 0 fully saturated rings. The Morgan fingerprint density at radius 2 is 1.94 bits per heavy atom. The normalized spacial score (nSPS) is 10.1. The highest BCUT2D eigenvalue weighted by Crippen LogP contribution is 2.11. The van der Waals surface area contributed by atoms with Crippen LogP contribution in [0, 0.1) is 0 Å². The SMILES string of the molecule is O=Cc1ccnc(Cc2ccc(Cl)cc2)n1. The standard InChI is InChI=1S/C12H9ClN2O/c13-10-3-1-9(2-4-10)7-12-14-6-5-11(8-16)15-12/h1-6,8H,7H2. The number of rotatable bonds is 3. The third kappa shape index (κ3) is 2.64. The first-order chi connectivity index (χ1) is 7.78. The van der Waals surface area contributed by atoms with Gasteiger partial charge in [0, 0.05) is 17.6 Å². The highest BCUT2D eigenvalue weighted by atomic mass is 35.5. The first-order valence-electron chi connectivity index (χ1n) is 4.79. The molecule has 0 aliphatic rings. The summed E-state index contributed by atoms with van der Waals surface area (Å²) in [5.74, 6) is 0.631. The van der Waals surface area contributed by atoms with Gasteiger partial charge in [0.2, 0.25) is 0 Å². The van der Waals surface area contributed by atoms with Gasteiger partial charge < -0.3 is 0 Å². The van der Waals surface area contributed by atoms with E-state index < -0.39 is 0 Å². The molecule has 0 aliphatic heterocycles. The van der Waals surface area contributed by atoms with Crippen molar-refractivity contribution in [3.05, 3.63) is 58.6 Å². The fraction of sp³-hybridized carbons (Fsp3) is 0.0833. The number of carbonyl (C=O) groups excluding carboxylic acids is 1. The number of carbonyl (C=O) groups is 1. The fourth-order valence-corrected chi connectivity index (χ4v) is 1.48. The molecule has 1 heterocycles. The van der Waals surface area contributed by atoms with Gasteiger partial charge in [0.25, 0.3) is 0 Å². The summed E-state index contributed by atoms with van der Waals surface area (Å²) in [5, 5.41) is 0.700. The summed E-state index contributed by atoms with van der Waals surface area (Å²) in [5.41, 5.74) is 1.46. The maximum Gasteiger partial charge on any atom is 0.168 e. The number of hydrogen-bond donors (Lipinski definition) is 0. The zero-order chi connectivity index (χ0) is 11.4. The van der Waals surface area contributed by atoms with Crippen molar-refractivity contribution in [1.29, 1.82) is 0 Å². The van der Waals surface area contributed by atoms with E-state index in [1.807, 2.05) is 24.3 Å². The fourth-order valence-electron chi connectivity index (χ4n) is 1.35. The molecule has 0 radical (unpaired) electrons. The summed E-state index contributed by atoms with van der Waals surface area (Å²) in [7, 11) is 0. The van der Waals surface area contributed by atoms with E-state index in [2.05, 4.69) is 9.97 Å². The first kappa shape index (κ1) is 10.8. The zero-order valence-corrected chi connectivity index (χ0v) is 9.19. The van der Waals surface area contributed by atoms with Gasteiger partial charge in [-0.15, -0.1) is 0 Å². The smallest absolute Gasteiger partial charge is 0.168 e. The molecule has 16 heavy (non-hydrogen) atoms. The van der Waals surface area contributed by atoms with Crippen molar-refractivity contribution in [2.24, 2.45) is 0 Å². The van der Waals surface area contributed by atoms with E-state index in [1.165, 1.54) is 0 Å². The van der Waals surface area contributed by atoms with E-state index in [9.17, 15) is 4.79 Å². The average molecular weight is 233 g/mol. The van der Waals surface area contributed by atoms with E-state index in [-0.39, 0.29) is 0 Å². The zero-order valence-electron chi connectivity index (χ0n) is 8.43. The third-order valence-corrected chi connectivity index (χ3v) is 2.38. The van der Waals surface area contributed by atoms with E-state index in [4.69, 9.17) is 11.6 Å². The van der Waals surface area contributed by atoms with Crippen molar-refractivity contribution < 1.29 is 4.79 Å². The summed E-state index contributed by atoms with van der Waals surface area (Å²) < 4.78 is 0. The highest BCUT2D eigenvalue weighted by molar-refractivity contribution is 6.30. The lowest BCUT2D eigenvalue weighted by atomic mass is 10.1. The van der Waals surface area contributed by atoms with Crippen LogP contribution in [-0.2, 0) is 6.42 Å². The third-order valence-electron chi connectivity index (χ3n) is 2.12. The predicted molar refractivity (Wildman–Crippen MR) is 61.7 cm³/mol. The Morgan fingerprint density at radius 1 is 1.19 bits per heavy atom. The molecule has 0 bridgehead atoms. The van der Waals surface area contributed by atoms with Crippen LogP contribution in [0.3, 0.4) is 0 Å². The van der Waals surface area contributed by atoms with Crippen LogP contribution in [0.2, 0.25) is 5.02 Å². The summed E-state index contributed by atoms with van der Waals surface area (Å²) in [4.78, 5) is 18.7. The molecular weight excluding hydrogens is 224 g/mol. The molecule has 0 saturated heterocycles. The lowest BCUT2D eigenvalue weighted by Crippen LogP contribution is -1.98. The van der Waals surface area contributed by atoms with Gasteiger partial charge >= 0.3 is 0 Å². The maximum atomic E-state index is 10.5. The Kier molecular flexibility index (Phi) is 3.27. The molecule has 2 rings (SSSR count). The van der Waals surface area contributed by atoms with Crippen LogP contribution in [0.1, 0.15) is 21.9 Å². The molecule has 0 spiro atoms. The minimum Gasteiger partial charge on any atom is -0.296 e. The van der Waals surface area contributed by atoms with Gasteiger partial charge in [-0.2, -0.15) is 0 Å². The number of aldehydes is 1. The van der Waals surface area contributed by atoms with Gasteiger partial charge in [0.1, 0.15) is 11.5 Å². The minimum atomic E-state index is 0.402. The molecule has 80 valence electrons. The second-order valence-corrected chi connectivity index (χ2v) is 3.76. The second-order valence-electron chi connectivity index (χ2n) is 3.32. The van der Waals surface area contributed by atoms with Gasteiger partial charge in [-0.3, -0.25) is 4.79 Å². The number of aromatic nitrogens is 2. The molecule has 3 nitrogen and oxygen atoms in total. The Morgan fingerprint density at radius 3 is 2.62 bits per heavy atom. The molecule has 0 amide bonds. The molecule has 4 heteroatoms. The number of benzene rings is 1. The Labute approximate surface area is 98.1 Å². The molecule has 0 saturated carbocycles. The van der Waals surface area contributed by atoms with Gasteiger partial charge in [-0.1, -0.05) is 23.7 Å². The Balaban J connectivity index is 2.20. The summed E-state index contributed by atoms with van der Waals surface area (Å²) in [6.07, 6.45) is 2.90. The van der Waals surface area contributed by atoms with Crippen LogP contribution in [0.4, 0.5) is 0 Å². The van der Waals surface area contributed by atoms with Gasteiger partial charge in [-0.05, 0) is 23.8 Å². The molecule has 0 unspecified atom stereocenters. The van der Waals surface area contributed by atoms with Crippen molar-refractivity contribution in [2.45, 2.75) is 6.42 Å². The van der Waals surface area contributed by atoms with E-state index in [1.54, 1.807) is 12.3 Å². The van der Waals surface area contributed by atoms with Gasteiger partial charge in [-0.25, -0.2) is 9.97 Å². The molecule has 1 aromatic carbocycles. The average Bonchev–Trinajstić information content (AvgIpc) is 2.32. The largest absolute Gasteiger partial charge is 0.296 e. The van der Waals surface area contributed by atoms with E-state index in [0.29, 0.717) is 29.2 Å². The van der Waals surface area contributed by atoms with E-state index in [0.717, 1.165) is 5.56 Å². The van der Waals surface area contributed by atoms with Crippen molar-refractivity contribution in [3.63, 3.8) is 0 Å². The molecule has 1 aromatic heterocycles. The lowest BCUT2D eigenvalue weighted by molar-refractivity contribution is 0.111. The number of nitrogens with zero attached hydrogens (tertiary/aromatic N) is 2. The van der Waals surface area contributed by atoms with Crippen molar-refractivity contribution >= 4 is 17.9 Å². The van der Waals surface area contributed by atoms with Gasteiger partial charge in [0.15, 0.2) is 6.29 Å². The molecule has 0 atom stereocenters. The molecular formula is C12H9ClN2O.